The highest BCUT2D eigenvalue weighted by atomic mass is 19.1. The van der Waals surface area contributed by atoms with Gasteiger partial charge in [-0.2, -0.15) is 0 Å². The Bertz CT molecular complexity index is 480. The van der Waals surface area contributed by atoms with Gasteiger partial charge in [-0.25, -0.2) is 14.0 Å². The smallest absolute Gasteiger partial charge is 0.342 e. The van der Waals surface area contributed by atoms with E-state index in [2.05, 4.69) is 0 Å². The summed E-state index contributed by atoms with van der Waals surface area (Å²) < 4.78 is 23.6. The second kappa shape index (κ2) is 6.31. The third-order valence-corrected chi connectivity index (χ3v) is 2.12. The van der Waals surface area contributed by atoms with Crippen LogP contribution in [-0.4, -0.2) is 24.1 Å². The van der Waals surface area contributed by atoms with E-state index < -0.39 is 23.9 Å². The van der Waals surface area contributed by atoms with Crippen molar-refractivity contribution in [2.24, 2.45) is 0 Å². The highest BCUT2D eigenvalue weighted by Gasteiger charge is 2.24. The third kappa shape index (κ3) is 4.05. The largest absolute Gasteiger partial charge is 0.459 e. The van der Waals surface area contributed by atoms with Crippen molar-refractivity contribution in [1.29, 1.82) is 0 Å². The molecule has 0 spiro atoms. The molecule has 0 N–H and O–H groups in total. The lowest BCUT2D eigenvalue weighted by molar-refractivity contribution is 0.0323. The first-order valence-corrected chi connectivity index (χ1v) is 6.03. The molecule has 0 aliphatic carbocycles. The molecule has 0 bridgehead atoms. The average Bonchev–Trinajstić information content (AvgIpc) is 2.26. The number of hydrogen-bond donors (Lipinski definition) is 0. The van der Waals surface area contributed by atoms with Crippen molar-refractivity contribution in [3.63, 3.8) is 0 Å². The van der Waals surface area contributed by atoms with Crippen molar-refractivity contribution in [2.45, 2.75) is 39.9 Å². The van der Waals surface area contributed by atoms with E-state index in [1.165, 1.54) is 12.1 Å². The normalized spacial score (nSPS) is 10.7. The van der Waals surface area contributed by atoms with Gasteiger partial charge < -0.3 is 9.47 Å². The summed E-state index contributed by atoms with van der Waals surface area (Å²) in [5.74, 6) is -2.42. The molecule has 19 heavy (non-hydrogen) atoms. The lowest BCUT2D eigenvalue weighted by Crippen LogP contribution is -2.20. The van der Waals surface area contributed by atoms with Gasteiger partial charge in [-0.15, -0.1) is 0 Å². The van der Waals surface area contributed by atoms with E-state index in [4.69, 9.17) is 9.47 Å². The molecule has 0 radical (unpaired) electrons. The van der Waals surface area contributed by atoms with E-state index >= 15 is 0 Å². The van der Waals surface area contributed by atoms with Crippen LogP contribution in [0.2, 0.25) is 0 Å². The van der Waals surface area contributed by atoms with Crippen LogP contribution in [0.15, 0.2) is 18.2 Å². The SMILES string of the molecule is CC(C)OC(=O)c1cccc(F)c1C(=O)OC(C)C. The Balaban J connectivity index is 3.15. The molecule has 1 aromatic carbocycles. The molecule has 1 rings (SSSR count). The van der Waals surface area contributed by atoms with Crippen LogP contribution in [-0.2, 0) is 9.47 Å². The predicted octanol–water partition coefficient (Wildman–Crippen LogP) is 2.96. The summed E-state index contributed by atoms with van der Waals surface area (Å²) in [5.41, 5.74) is -0.513. The number of esters is 2. The molecule has 104 valence electrons. The molecule has 1 aromatic rings. The van der Waals surface area contributed by atoms with E-state index in [1.807, 2.05) is 0 Å². The van der Waals surface area contributed by atoms with Crippen LogP contribution >= 0.6 is 0 Å². The molecular weight excluding hydrogens is 251 g/mol. The Morgan fingerprint density at radius 1 is 1.00 bits per heavy atom. The maximum Gasteiger partial charge on any atom is 0.342 e. The van der Waals surface area contributed by atoms with Gasteiger partial charge in [0.25, 0.3) is 0 Å². The topological polar surface area (TPSA) is 52.6 Å². The average molecular weight is 268 g/mol. The fraction of sp³-hybridized carbons (Fsp3) is 0.429. The van der Waals surface area contributed by atoms with Crippen LogP contribution in [0, 0.1) is 5.82 Å². The first kappa shape index (κ1) is 15.1. The van der Waals surface area contributed by atoms with Gasteiger partial charge in [0, 0.05) is 0 Å². The van der Waals surface area contributed by atoms with Gasteiger partial charge in [-0.1, -0.05) is 6.07 Å². The minimum Gasteiger partial charge on any atom is -0.459 e. The molecule has 0 saturated heterocycles. The van der Waals surface area contributed by atoms with Crippen molar-refractivity contribution in [3.05, 3.63) is 35.1 Å². The monoisotopic (exact) mass is 268 g/mol. The lowest BCUT2D eigenvalue weighted by atomic mass is 10.1. The van der Waals surface area contributed by atoms with Crippen LogP contribution in [0.4, 0.5) is 4.39 Å². The van der Waals surface area contributed by atoms with Gasteiger partial charge in [0.15, 0.2) is 0 Å². The zero-order chi connectivity index (χ0) is 14.6. The van der Waals surface area contributed by atoms with Crippen LogP contribution in [0.1, 0.15) is 48.4 Å². The molecule has 0 aliphatic heterocycles. The van der Waals surface area contributed by atoms with Gasteiger partial charge in [-0.05, 0) is 39.8 Å². The van der Waals surface area contributed by atoms with E-state index in [9.17, 15) is 14.0 Å². The van der Waals surface area contributed by atoms with Gasteiger partial charge >= 0.3 is 11.9 Å². The molecule has 0 unspecified atom stereocenters. The Labute approximate surface area is 111 Å². The molecular formula is C14H17FO4. The van der Waals surface area contributed by atoms with Crippen molar-refractivity contribution in [2.75, 3.05) is 0 Å². The number of ether oxygens (including phenoxy) is 2. The number of carbonyl (C=O) groups excluding carboxylic acids is 2. The van der Waals surface area contributed by atoms with E-state index in [1.54, 1.807) is 27.7 Å². The summed E-state index contributed by atoms with van der Waals surface area (Å²) in [4.78, 5) is 23.6. The highest BCUT2D eigenvalue weighted by Crippen LogP contribution is 2.17. The molecule has 0 aromatic heterocycles. The van der Waals surface area contributed by atoms with Crippen molar-refractivity contribution < 1.29 is 23.5 Å². The maximum absolute atomic E-state index is 13.7. The Morgan fingerprint density at radius 3 is 2.05 bits per heavy atom. The van der Waals surface area contributed by atoms with Gasteiger partial charge in [0.05, 0.1) is 17.8 Å². The zero-order valence-corrected chi connectivity index (χ0v) is 11.4. The van der Waals surface area contributed by atoms with E-state index in [0.29, 0.717) is 0 Å². The first-order valence-electron chi connectivity index (χ1n) is 6.03. The highest BCUT2D eigenvalue weighted by molar-refractivity contribution is 6.03. The molecule has 4 nitrogen and oxygen atoms in total. The summed E-state index contributed by atoms with van der Waals surface area (Å²) in [6.07, 6.45) is -0.759. The van der Waals surface area contributed by atoms with Crippen LogP contribution in [0.25, 0.3) is 0 Å². The molecule has 0 aliphatic rings. The third-order valence-electron chi connectivity index (χ3n) is 2.12. The second-order valence-corrected chi connectivity index (χ2v) is 4.57. The van der Waals surface area contributed by atoms with Crippen molar-refractivity contribution in [1.82, 2.24) is 0 Å². The molecule has 0 amide bonds. The van der Waals surface area contributed by atoms with E-state index in [0.717, 1.165) is 6.07 Å². The summed E-state index contributed by atoms with van der Waals surface area (Å²) >= 11 is 0. The summed E-state index contributed by atoms with van der Waals surface area (Å²) in [6, 6.07) is 3.78. The van der Waals surface area contributed by atoms with E-state index in [-0.39, 0.29) is 17.2 Å². The molecule has 0 fully saturated rings. The summed E-state index contributed by atoms with van der Waals surface area (Å²) in [7, 11) is 0. The van der Waals surface area contributed by atoms with Gasteiger partial charge in [0.1, 0.15) is 11.4 Å². The fourth-order valence-corrected chi connectivity index (χ4v) is 1.45. The molecule has 5 heteroatoms. The molecule has 0 heterocycles. The quantitative estimate of drug-likeness (QED) is 0.788. The van der Waals surface area contributed by atoms with Crippen molar-refractivity contribution >= 4 is 11.9 Å². The fourth-order valence-electron chi connectivity index (χ4n) is 1.45. The maximum atomic E-state index is 13.7. The number of carbonyl (C=O) groups is 2. The zero-order valence-electron chi connectivity index (χ0n) is 11.4. The minimum atomic E-state index is -0.871. The molecule has 0 saturated carbocycles. The Kier molecular flexibility index (Phi) is 5.03. The second-order valence-electron chi connectivity index (χ2n) is 4.57. The predicted molar refractivity (Wildman–Crippen MR) is 67.5 cm³/mol. The Hall–Kier alpha value is -1.91. The summed E-state index contributed by atoms with van der Waals surface area (Å²) in [6.45, 7) is 6.63. The number of halogens is 1. The lowest BCUT2D eigenvalue weighted by Gasteiger charge is -2.13. The van der Waals surface area contributed by atoms with Crippen LogP contribution in [0.5, 0.6) is 0 Å². The van der Waals surface area contributed by atoms with Gasteiger partial charge in [-0.3, -0.25) is 0 Å². The van der Waals surface area contributed by atoms with Crippen molar-refractivity contribution in [3.8, 4) is 0 Å². The summed E-state index contributed by atoms with van der Waals surface area (Å²) in [5, 5.41) is 0. The van der Waals surface area contributed by atoms with Crippen LogP contribution < -0.4 is 0 Å². The number of benzene rings is 1. The minimum absolute atomic E-state index is 0.126. The standard InChI is InChI=1S/C14H17FO4/c1-8(2)18-13(16)10-6-5-7-11(15)12(10)14(17)19-9(3)4/h5-9H,1-4H3. The van der Waals surface area contributed by atoms with Gasteiger partial charge in [0.2, 0.25) is 0 Å². The Morgan fingerprint density at radius 2 is 1.53 bits per heavy atom. The number of hydrogen-bond acceptors (Lipinski definition) is 4. The first-order chi connectivity index (χ1) is 8.82. The number of rotatable bonds is 4. The van der Waals surface area contributed by atoms with Crippen LogP contribution in [0.3, 0.4) is 0 Å². The molecule has 0 atom stereocenters.